The molecule has 0 aliphatic heterocycles. The van der Waals surface area contributed by atoms with Gasteiger partial charge < -0.3 is 15.0 Å². The summed E-state index contributed by atoms with van der Waals surface area (Å²) in [5, 5.41) is 7.95. The molecule has 0 saturated carbocycles. The fourth-order valence-corrected chi connectivity index (χ4v) is 1.48. The number of rotatable bonds is 5. The van der Waals surface area contributed by atoms with E-state index in [0.29, 0.717) is 24.9 Å². The van der Waals surface area contributed by atoms with E-state index in [1.807, 2.05) is 14.0 Å². The summed E-state index contributed by atoms with van der Waals surface area (Å²) in [5.74, 6) is 0.834. The van der Waals surface area contributed by atoms with Crippen LogP contribution in [0.25, 0.3) is 11.5 Å². The number of aryl methyl sites for hydroxylation is 1. The lowest BCUT2D eigenvalue weighted by atomic mass is 10.1. The van der Waals surface area contributed by atoms with Gasteiger partial charge in [-0.25, -0.2) is 0 Å². The van der Waals surface area contributed by atoms with Crippen molar-refractivity contribution in [1.29, 1.82) is 0 Å². The second kappa shape index (κ2) is 4.87. The van der Waals surface area contributed by atoms with Crippen molar-refractivity contribution < 1.29 is 9.26 Å². The minimum Gasteiger partial charge on any atom is -0.379 e. The zero-order chi connectivity index (χ0) is 13.2. The molecule has 2 aromatic rings. The Hall–Kier alpha value is -1.73. The van der Waals surface area contributed by atoms with Gasteiger partial charge in [0.05, 0.1) is 18.4 Å². The van der Waals surface area contributed by atoms with E-state index in [1.54, 1.807) is 24.0 Å². The van der Waals surface area contributed by atoms with Gasteiger partial charge in [0.15, 0.2) is 5.82 Å². The van der Waals surface area contributed by atoms with Crippen LogP contribution in [0, 0.1) is 0 Å². The molecule has 2 rings (SSSR count). The van der Waals surface area contributed by atoms with Crippen molar-refractivity contribution in [1.82, 2.24) is 19.9 Å². The quantitative estimate of drug-likeness (QED) is 0.840. The van der Waals surface area contributed by atoms with Gasteiger partial charge in [-0.2, -0.15) is 10.1 Å². The van der Waals surface area contributed by atoms with Crippen LogP contribution in [0.3, 0.4) is 0 Å². The van der Waals surface area contributed by atoms with E-state index in [1.165, 1.54) is 0 Å². The molecule has 0 saturated heterocycles. The standard InChI is InChI=1S/C11H17N5O2/c1-4-17-7-11(2,12)10-14-9(18-15-10)8-5-13-16(3)6-8/h5-6H,4,7,12H2,1-3H3. The Kier molecular flexibility index (Phi) is 3.44. The fraction of sp³-hybridized carbons (Fsp3) is 0.545. The molecule has 0 spiro atoms. The van der Waals surface area contributed by atoms with Gasteiger partial charge in [-0.3, -0.25) is 4.68 Å². The molecule has 2 N–H and O–H groups in total. The molecular weight excluding hydrogens is 234 g/mol. The van der Waals surface area contributed by atoms with E-state index in [2.05, 4.69) is 15.2 Å². The highest BCUT2D eigenvalue weighted by Gasteiger charge is 2.28. The van der Waals surface area contributed by atoms with Crippen LogP contribution in [0.4, 0.5) is 0 Å². The van der Waals surface area contributed by atoms with Gasteiger partial charge in [0.1, 0.15) is 5.54 Å². The summed E-state index contributed by atoms with van der Waals surface area (Å²) in [5.41, 5.74) is 6.09. The number of ether oxygens (including phenoxy) is 1. The van der Waals surface area contributed by atoms with E-state index in [4.69, 9.17) is 15.0 Å². The number of hydrogen-bond acceptors (Lipinski definition) is 6. The first kappa shape index (κ1) is 12.7. The van der Waals surface area contributed by atoms with Crippen LogP contribution >= 0.6 is 0 Å². The van der Waals surface area contributed by atoms with E-state index in [0.717, 1.165) is 5.56 Å². The largest absolute Gasteiger partial charge is 0.379 e. The number of aromatic nitrogens is 4. The lowest BCUT2D eigenvalue weighted by Crippen LogP contribution is -2.39. The van der Waals surface area contributed by atoms with Crippen LogP contribution in [0.5, 0.6) is 0 Å². The molecule has 0 radical (unpaired) electrons. The summed E-state index contributed by atoms with van der Waals surface area (Å²) in [6.45, 7) is 4.66. The highest BCUT2D eigenvalue weighted by molar-refractivity contribution is 5.49. The first-order valence-electron chi connectivity index (χ1n) is 5.73. The molecule has 98 valence electrons. The number of nitrogens with two attached hydrogens (primary N) is 1. The van der Waals surface area contributed by atoms with E-state index in [-0.39, 0.29) is 0 Å². The van der Waals surface area contributed by atoms with Gasteiger partial charge in [-0.05, 0) is 13.8 Å². The van der Waals surface area contributed by atoms with Crippen molar-refractivity contribution in [2.24, 2.45) is 12.8 Å². The highest BCUT2D eigenvalue weighted by Crippen LogP contribution is 2.20. The molecule has 0 aromatic carbocycles. The molecule has 1 atom stereocenters. The van der Waals surface area contributed by atoms with Crippen LogP contribution in [-0.4, -0.2) is 33.1 Å². The lowest BCUT2D eigenvalue weighted by Gasteiger charge is -2.19. The van der Waals surface area contributed by atoms with Crippen molar-refractivity contribution >= 4 is 0 Å². The molecule has 0 aliphatic rings. The number of hydrogen-bond donors (Lipinski definition) is 1. The number of nitrogens with zero attached hydrogens (tertiary/aromatic N) is 4. The molecule has 7 heteroatoms. The van der Waals surface area contributed by atoms with Gasteiger partial charge >= 0.3 is 0 Å². The van der Waals surface area contributed by atoms with Gasteiger partial charge in [-0.1, -0.05) is 5.16 Å². The zero-order valence-electron chi connectivity index (χ0n) is 10.8. The van der Waals surface area contributed by atoms with E-state index >= 15 is 0 Å². The van der Waals surface area contributed by atoms with Crippen molar-refractivity contribution in [3.63, 3.8) is 0 Å². The summed E-state index contributed by atoms with van der Waals surface area (Å²) in [4.78, 5) is 4.28. The second-order valence-corrected chi connectivity index (χ2v) is 4.38. The van der Waals surface area contributed by atoms with Crippen molar-refractivity contribution in [3.8, 4) is 11.5 Å². The van der Waals surface area contributed by atoms with Gasteiger partial charge in [0.2, 0.25) is 0 Å². The Morgan fingerprint density at radius 1 is 1.56 bits per heavy atom. The van der Waals surface area contributed by atoms with Gasteiger partial charge in [-0.15, -0.1) is 0 Å². The molecule has 1 unspecified atom stereocenters. The fourth-order valence-electron chi connectivity index (χ4n) is 1.48. The Bertz CT molecular complexity index is 517. The van der Waals surface area contributed by atoms with Crippen LogP contribution in [0.1, 0.15) is 19.7 Å². The molecular formula is C11H17N5O2. The Balaban J connectivity index is 2.19. The van der Waals surface area contributed by atoms with Crippen LogP contribution in [-0.2, 0) is 17.3 Å². The van der Waals surface area contributed by atoms with Gasteiger partial charge in [0.25, 0.3) is 5.89 Å². The SMILES string of the molecule is CCOCC(C)(N)c1noc(-c2cnn(C)c2)n1. The first-order valence-corrected chi connectivity index (χ1v) is 5.73. The Morgan fingerprint density at radius 2 is 2.33 bits per heavy atom. The Labute approximate surface area is 105 Å². The average molecular weight is 251 g/mol. The van der Waals surface area contributed by atoms with E-state index in [9.17, 15) is 0 Å². The maximum atomic E-state index is 6.09. The molecule has 0 bridgehead atoms. The summed E-state index contributed by atoms with van der Waals surface area (Å²) in [6.07, 6.45) is 3.46. The minimum absolute atomic E-state index is 0.343. The first-order chi connectivity index (χ1) is 8.53. The van der Waals surface area contributed by atoms with Crippen LogP contribution < -0.4 is 5.73 Å². The minimum atomic E-state index is -0.764. The molecule has 0 amide bonds. The predicted molar refractivity (Wildman–Crippen MR) is 64.5 cm³/mol. The van der Waals surface area contributed by atoms with Crippen LogP contribution in [0.15, 0.2) is 16.9 Å². The smallest absolute Gasteiger partial charge is 0.261 e. The topological polar surface area (TPSA) is 92.0 Å². The predicted octanol–water partition coefficient (Wildman–Crippen LogP) is 0.680. The zero-order valence-corrected chi connectivity index (χ0v) is 10.8. The third kappa shape index (κ3) is 2.57. The summed E-state index contributed by atoms with van der Waals surface area (Å²) < 4.78 is 12.2. The molecule has 7 nitrogen and oxygen atoms in total. The monoisotopic (exact) mass is 251 g/mol. The molecule has 18 heavy (non-hydrogen) atoms. The highest BCUT2D eigenvalue weighted by atomic mass is 16.5. The van der Waals surface area contributed by atoms with Crippen molar-refractivity contribution in [3.05, 3.63) is 18.2 Å². The summed E-state index contributed by atoms with van der Waals surface area (Å²) >= 11 is 0. The summed E-state index contributed by atoms with van der Waals surface area (Å²) in [6, 6.07) is 0. The second-order valence-electron chi connectivity index (χ2n) is 4.38. The molecule has 0 aliphatic carbocycles. The molecule has 2 heterocycles. The third-order valence-electron chi connectivity index (χ3n) is 2.49. The normalized spacial score (nSPS) is 14.7. The maximum Gasteiger partial charge on any atom is 0.261 e. The lowest BCUT2D eigenvalue weighted by molar-refractivity contribution is 0.0962. The molecule has 0 fully saturated rings. The molecule has 2 aromatic heterocycles. The van der Waals surface area contributed by atoms with Crippen molar-refractivity contribution in [2.45, 2.75) is 19.4 Å². The summed E-state index contributed by atoms with van der Waals surface area (Å²) in [7, 11) is 1.82. The maximum absolute atomic E-state index is 6.09. The third-order valence-corrected chi connectivity index (χ3v) is 2.49. The van der Waals surface area contributed by atoms with E-state index < -0.39 is 5.54 Å². The Morgan fingerprint density at radius 3 is 2.94 bits per heavy atom. The average Bonchev–Trinajstić information content (AvgIpc) is 2.94. The van der Waals surface area contributed by atoms with Crippen molar-refractivity contribution in [2.75, 3.05) is 13.2 Å². The van der Waals surface area contributed by atoms with Crippen LogP contribution in [0.2, 0.25) is 0 Å². The van der Waals surface area contributed by atoms with Gasteiger partial charge in [0, 0.05) is 19.9 Å².